The number of ether oxygens (including phenoxy) is 1. The SMILES string of the molecule is COc1ccc(NC(=O)CCc2c(C)nc3nc[nH]n3c2=O)cc1Cl. The van der Waals surface area contributed by atoms with Gasteiger partial charge in [0.1, 0.15) is 12.1 Å². The van der Waals surface area contributed by atoms with Crippen molar-refractivity contribution in [2.24, 2.45) is 0 Å². The molecular formula is C16H16ClN5O3. The molecule has 130 valence electrons. The number of H-pyrrole nitrogens is 1. The van der Waals surface area contributed by atoms with E-state index in [4.69, 9.17) is 16.3 Å². The second-order valence-electron chi connectivity index (χ2n) is 5.40. The highest BCUT2D eigenvalue weighted by molar-refractivity contribution is 6.32. The lowest BCUT2D eigenvalue weighted by Gasteiger charge is -2.08. The Morgan fingerprint density at radius 1 is 1.44 bits per heavy atom. The monoisotopic (exact) mass is 361 g/mol. The van der Waals surface area contributed by atoms with Crippen LogP contribution in [0.1, 0.15) is 17.7 Å². The molecule has 1 amide bonds. The van der Waals surface area contributed by atoms with Crippen LogP contribution in [0.25, 0.3) is 5.78 Å². The number of nitrogens with zero attached hydrogens (tertiary/aromatic N) is 3. The van der Waals surface area contributed by atoms with Gasteiger partial charge < -0.3 is 10.1 Å². The van der Waals surface area contributed by atoms with Crippen molar-refractivity contribution < 1.29 is 9.53 Å². The number of aromatic amines is 1. The van der Waals surface area contributed by atoms with Gasteiger partial charge in [0, 0.05) is 17.7 Å². The van der Waals surface area contributed by atoms with Gasteiger partial charge in [0.25, 0.3) is 11.3 Å². The normalized spacial score (nSPS) is 10.8. The van der Waals surface area contributed by atoms with Crippen LogP contribution >= 0.6 is 11.6 Å². The average Bonchev–Trinajstić information content (AvgIpc) is 3.03. The van der Waals surface area contributed by atoms with Crippen molar-refractivity contribution in [1.82, 2.24) is 19.6 Å². The first-order valence-corrected chi connectivity index (χ1v) is 7.92. The number of fused-ring (bicyclic) bond motifs is 1. The molecule has 0 saturated heterocycles. The van der Waals surface area contributed by atoms with Crippen LogP contribution in [-0.4, -0.2) is 32.6 Å². The summed E-state index contributed by atoms with van der Waals surface area (Å²) >= 11 is 6.03. The molecule has 25 heavy (non-hydrogen) atoms. The van der Waals surface area contributed by atoms with Gasteiger partial charge >= 0.3 is 0 Å². The Bertz CT molecular complexity index is 995. The van der Waals surface area contributed by atoms with Crippen LogP contribution in [-0.2, 0) is 11.2 Å². The van der Waals surface area contributed by atoms with Crippen molar-refractivity contribution in [3.05, 3.63) is 51.2 Å². The van der Waals surface area contributed by atoms with E-state index in [0.717, 1.165) is 0 Å². The Morgan fingerprint density at radius 2 is 2.24 bits per heavy atom. The van der Waals surface area contributed by atoms with Crippen LogP contribution in [0.3, 0.4) is 0 Å². The third kappa shape index (κ3) is 3.48. The topological polar surface area (TPSA) is 101 Å². The van der Waals surface area contributed by atoms with Gasteiger partial charge in [-0.05, 0) is 31.5 Å². The number of aromatic nitrogens is 4. The Balaban J connectivity index is 1.70. The molecule has 2 heterocycles. The molecule has 2 N–H and O–H groups in total. The summed E-state index contributed by atoms with van der Waals surface area (Å²) in [5.41, 5.74) is 1.36. The molecule has 0 fully saturated rings. The maximum Gasteiger partial charge on any atom is 0.277 e. The number of methoxy groups -OCH3 is 1. The van der Waals surface area contributed by atoms with E-state index in [1.54, 1.807) is 25.1 Å². The number of hydrogen-bond acceptors (Lipinski definition) is 5. The maximum atomic E-state index is 12.4. The van der Waals surface area contributed by atoms with Crippen LogP contribution in [0.4, 0.5) is 5.69 Å². The van der Waals surface area contributed by atoms with Gasteiger partial charge in [0.05, 0.1) is 17.8 Å². The molecule has 8 nitrogen and oxygen atoms in total. The van der Waals surface area contributed by atoms with Gasteiger partial charge in [0.15, 0.2) is 0 Å². The highest BCUT2D eigenvalue weighted by atomic mass is 35.5. The molecule has 2 aromatic heterocycles. The van der Waals surface area contributed by atoms with Crippen LogP contribution in [0, 0.1) is 6.92 Å². The van der Waals surface area contributed by atoms with E-state index in [1.165, 1.54) is 18.0 Å². The molecule has 3 rings (SSSR count). The van der Waals surface area contributed by atoms with Crippen molar-refractivity contribution in [3.63, 3.8) is 0 Å². The number of benzene rings is 1. The highest BCUT2D eigenvalue weighted by Gasteiger charge is 2.13. The van der Waals surface area contributed by atoms with Gasteiger partial charge in [-0.2, -0.15) is 4.52 Å². The Hall–Kier alpha value is -2.87. The van der Waals surface area contributed by atoms with Gasteiger partial charge in [-0.3, -0.25) is 14.7 Å². The first-order valence-electron chi connectivity index (χ1n) is 7.54. The second kappa shape index (κ2) is 6.94. The van der Waals surface area contributed by atoms with Crippen LogP contribution in [0.5, 0.6) is 5.75 Å². The summed E-state index contributed by atoms with van der Waals surface area (Å²) < 4.78 is 6.32. The molecule has 9 heteroatoms. The molecule has 3 aromatic rings. The number of hydrogen-bond donors (Lipinski definition) is 2. The smallest absolute Gasteiger partial charge is 0.277 e. The van der Waals surface area contributed by atoms with E-state index >= 15 is 0 Å². The summed E-state index contributed by atoms with van der Waals surface area (Å²) in [5.74, 6) is 0.612. The van der Waals surface area contributed by atoms with E-state index in [2.05, 4.69) is 20.4 Å². The predicted octanol–water partition coefficient (Wildman–Crippen LogP) is 1.96. The quantitative estimate of drug-likeness (QED) is 0.723. The molecule has 0 aliphatic rings. The first-order chi connectivity index (χ1) is 12.0. The number of carbonyl (C=O) groups is 1. The van der Waals surface area contributed by atoms with Crippen molar-refractivity contribution in [2.75, 3.05) is 12.4 Å². The number of aryl methyl sites for hydroxylation is 1. The molecule has 0 spiro atoms. The summed E-state index contributed by atoms with van der Waals surface area (Å²) in [5, 5.41) is 5.86. The van der Waals surface area contributed by atoms with Gasteiger partial charge in [-0.15, -0.1) is 0 Å². The number of anilines is 1. The van der Waals surface area contributed by atoms with Crippen molar-refractivity contribution >= 4 is 29.0 Å². The number of amides is 1. The molecule has 0 radical (unpaired) electrons. The summed E-state index contributed by atoms with van der Waals surface area (Å²) in [7, 11) is 1.52. The Kier molecular flexibility index (Phi) is 4.71. The Labute approximate surface area is 147 Å². The minimum absolute atomic E-state index is 0.140. The largest absolute Gasteiger partial charge is 0.495 e. The summed E-state index contributed by atoms with van der Waals surface area (Å²) in [6.45, 7) is 1.73. The van der Waals surface area contributed by atoms with Gasteiger partial charge in [-0.1, -0.05) is 11.6 Å². The summed E-state index contributed by atoms with van der Waals surface area (Å²) in [4.78, 5) is 32.7. The summed E-state index contributed by atoms with van der Waals surface area (Å²) in [6, 6.07) is 4.97. The van der Waals surface area contributed by atoms with E-state index in [0.29, 0.717) is 33.5 Å². The molecule has 0 bridgehead atoms. The van der Waals surface area contributed by atoms with E-state index in [-0.39, 0.29) is 24.3 Å². The third-order valence-electron chi connectivity index (χ3n) is 3.77. The van der Waals surface area contributed by atoms with E-state index < -0.39 is 0 Å². The average molecular weight is 362 g/mol. The number of nitrogens with one attached hydrogen (secondary N) is 2. The highest BCUT2D eigenvalue weighted by Crippen LogP contribution is 2.27. The minimum atomic E-state index is -0.250. The third-order valence-corrected chi connectivity index (χ3v) is 4.07. The van der Waals surface area contributed by atoms with Crippen LogP contribution in [0.2, 0.25) is 5.02 Å². The number of halogens is 1. The van der Waals surface area contributed by atoms with Crippen LogP contribution in [0.15, 0.2) is 29.3 Å². The fraction of sp³-hybridized carbons (Fsp3) is 0.250. The fourth-order valence-electron chi connectivity index (χ4n) is 2.49. The minimum Gasteiger partial charge on any atom is -0.495 e. The van der Waals surface area contributed by atoms with E-state index in [9.17, 15) is 9.59 Å². The lowest BCUT2D eigenvalue weighted by Crippen LogP contribution is -2.23. The van der Waals surface area contributed by atoms with Gasteiger partial charge in [0.2, 0.25) is 5.91 Å². The fourth-order valence-corrected chi connectivity index (χ4v) is 2.75. The lowest BCUT2D eigenvalue weighted by molar-refractivity contribution is -0.116. The molecule has 0 aliphatic heterocycles. The van der Waals surface area contributed by atoms with Crippen LogP contribution < -0.4 is 15.6 Å². The zero-order chi connectivity index (χ0) is 18.0. The maximum absolute atomic E-state index is 12.4. The molecule has 0 aliphatic carbocycles. The summed E-state index contributed by atoms with van der Waals surface area (Å²) in [6.07, 6.45) is 1.81. The molecule has 0 atom stereocenters. The molecule has 0 unspecified atom stereocenters. The zero-order valence-electron chi connectivity index (χ0n) is 13.7. The van der Waals surface area contributed by atoms with E-state index in [1.807, 2.05) is 0 Å². The zero-order valence-corrected chi connectivity index (χ0v) is 14.4. The van der Waals surface area contributed by atoms with Crippen molar-refractivity contribution in [3.8, 4) is 5.75 Å². The number of carbonyl (C=O) groups excluding carboxylic acids is 1. The predicted molar refractivity (Wildman–Crippen MR) is 93.3 cm³/mol. The molecular weight excluding hydrogens is 346 g/mol. The van der Waals surface area contributed by atoms with Crippen molar-refractivity contribution in [2.45, 2.75) is 19.8 Å². The lowest BCUT2D eigenvalue weighted by atomic mass is 10.1. The number of rotatable bonds is 5. The second-order valence-corrected chi connectivity index (χ2v) is 5.81. The van der Waals surface area contributed by atoms with Gasteiger partial charge in [-0.25, -0.2) is 9.97 Å². The molecule has 0 saturated carbocycles. The molecule has 1 aromatic carbocycles. The first kappa shape index (κ1) is 17.0. The standard InChI is InChI=1S/C16H16ClN5O3/c1-9-11(15(24)22-16(20-9)18-8-19-22)4-6-14(23)21-10-3-5-13(25-2)12(17)7-10/h3,5,7-8H,4,6H2,1-2H3,(H,21,23)(H,18,19,20). The Morgan fingerprint density at radius 3 is 2.96 bits per heavy atom. The van der Waals surface area contributed by atoms with Crippen molar-refractivity contribution in [1.29, 1.82) is 0 Å².